The number of aromatic nitrogens is 2. The molecule has 1 saturated heterocycles. The van der Waals surface area contributed by atoms with Gasteiger partial charge < -0.3 is 5.32 Å². The molecule has 2 heterocycles. The van der Waals surface area contributed by atoms with Crippen LogP contribution in [0.3, 0.4) is 0 Å². The minimum absolute atomic E-state index is 0.112. The van der Waals surface area contributed by atoms with E-state index in [1.165, 1.54) is 16.7 Å². The van der Waals surface area contributed by atoms with E-state index in [9.17, 15) is 27.1 Å². The smallest absolute Gasteiger partial charge is 0.333 e. The Labute approximate surface area is 206 Å². The van der Waals surface area contributed by atoms with Crippen LogP contribution in [0, 0.1) is 0 Å². The molecule has 3 aromatic rings. The number of carbonyl (C=O) groups excluding carboxylic acids is 1. The van der Waals surface area contributed by atoms with Gasteiger partial charge in [-0.05, 0) is 70.0 Å². The van der Waals surface area contributed by atoms with E-state index in [4.69, 9.17) is 0 Å². The predicted molar refractivity (Wildman–Crippen MR) is 139 cm³/mol. The molecule has 1 amide bonds. The molecule has 9 nitrogen and oxygen atoms in total. The molecule has 35 heavy (non-hydrogen) atoms. The highest BCUT2D eigenvalue weighted by molar-refractivity contribution is 8.24. The molecule has 1 fully saturated rings. The number of fused-ring (bicyclic) bond motifs is 1. The molecule has 0 bridgehead atoms. The van der Waals surface area contributed by atoms with Crippen LogP contribution in [0.15, 0.2) is 52.2 Å². The lowest BCUT2D eigenvalue weighted by molar-refractivity contribution is 0.0898. The fourth-order valence-electron chi connectivity index (χ4n) is 4.44. The van der Waals surface area contributed by atoms with E-state index in [1.54, 1.807) is 34.9 Å². The van der Waals surface area contributed by atoms with Crippen molar-refractivity contribution in [1.82, 2.24) is 14.5 Å². The van der Waals surface area contributed by atoms with Gasteiger partial charge in [0.25, 0.3) is 5.91 Å². The van der Waals surface area contributed by atoms with Crippen LogP contribution in [0.25, 0.3) is 16.7 Å². The van der Waals surface area contributed by atoms with Crippen molar-refractivity contribution in [3.8, 4) is 5.69 Å². The molecule has 0 unspecified atom stereocenters. The first-order valence-corrected chi connectivity index (χ1v) is 15.1. The van der Waals surface area contributed by atoms with Crippen LogP contribution in [0.4, 0.5) is 0 Å². The van der Waals surface area contributed by atoms with Crippen LogP contribution in [0.5, 0.6) is 0 Å². The summed E-state index contributed by atoms with van der Waals surface area (Å²) in [6.07, 6.45) is 2.05. The second-order valence-corrected chi connectivity index (χ2v) is 14.2. The minimum Gasteiger partial charge on any atom is -0.347 e. The van der Waals surface area contributed by atoms with Gasteiger partial charge in [-0.1, -0.05) is 6.07 Å². The van der Waals surface area contributed by atoms with E-state index in [1.807, 2.05) is 20.8 Å². The molecular formula is C24H31N3O6S2. The highest BCUT2D eigenvalue weighted by atomic mass is 32.3. The monoisotopic (exact) mass is 521 g/mol. The number of hydrogen-bond acceptors (Lipinski definition) is 6. The predicted octanol–water partition coefficient (Wildman–Crippen LogP) is 3.81. The van der Waals surface area contributed by atoms with Gasteiger partial charge in [0.05, 0.1) is 21.6 Å². The molecule has 0 radical (unpaired) electrons. The highest BCUT2D eigenvalue weighted by Crippen LogP contribution is 2.46. The summed E-state index contributed by atoms with van der Waals surface area (Å²) in [7, 11) is -6.03. The molecule has 0 spiro atoms. The number of carbonyl (C=O) groups is 1. The van der Waals surface area contributed by atoms with Crippen LogP contribution in [-0.4, -0.2) is 55.9 Å². The number of benzene rings is 2. The molecule has 0 aliphatic carbocycles. The topological polar surface area (TPSA) is 131 Å². The molecule has 2 aromatic carbocycles. The minimum atomic E-state index is -3.46. The summed E-state index contributed by atoms with van der Waals surface area (Å²) in [5.74, 6) is 0.207. The zero-order chi connectivity index (χ0) is 25.8. The lowest BCUT2D eigenvalue weighted by Gasteiger charge is -2.44. The van der Waals surface area contributed by atoms with Crippen LogP contribution in [0.1, 0.15) is 50.0 Å². The zero-order valence-electron chi connectivity index (χ0n) is 20.2. The third-order valence-corrected chi connectivity index (χ3v) is 9.36. The molecule has 4 rings (SSSR count). The maximum Gasteiger partial charge on any atom is 0.333 e. The quantitative estimate of drug-likeness (QED) is 0.468. The molecule has 0 atom stereocenters. The Morgan fingerprint density at radius 1 is 1.09 bits per heavy atom. The first kappa shape index (κ1) is 25.5. The second-order valence-electron chi connectivity index (χ2n) is 9.78. The van der Waals surface area contributed by atoms with Crippen molar-refractivity contribution in [3.63, 3.8) is 0 Å². The van der Waals surface area contributed by atoms with Gasteiger partial charge >= 0.3 is 5.69 Å². The average molecular weight is 522 g/mol. The van der Waals surface area contributed by atoms with Gasteiger partial charge in [0.1, 0.15) is 0 Å². The molecule has 190 valence electrons. The molecule has 3 N–H and O–H groups in total. The molecule has 1 aromatic heterocycles. The standard InChI is InChI=1S/C24H31N3O6S2/c1-16(2)26-21-14-17(22(28)25-24(3)10-12-35(32,33)13-11-24)8-9-20(21)27(23(26)29)18-6-5-7-19(15-18)34(4,30)31/h5-9,14-16,32-33H,10-13H2,1-4H3,(H,25,28). The van der Waals surface area contributed by atoms with Gasteiger partial charge in [0.15, 0.2) is 9.84 Å². The Bertz CT molecular complexity index is 1460. The van der Waals surface area contributed by atoms with Crippen molar-refractivity contribution in [2.24, 2.45) is 0 Å². The SMILES string of the molecule is CC(C)n1c(=O)n(-c2cccc(S(C)(=O)=O)c2)c2ccc(C(=O)NC3(C)CCS(O)(O)CC3)cc21. The number of sulfone groups is 1. The number of rotatable bonds is 5. The number of hydrogen-bond donors (Lipinski definition) is 3. The van der Waals surface area contributed by atoms with Crippen molar-refractivity contribution in [1.29, 1.82) is 0 Å². The van der Waals surface area contributed by atoms with E-state index in [0.29, 0.717) is 35.1 Å². The lowest BCUT2D eigenvalue weighted by atomic mass is 9.94. The third-order valence-electron chi connectivity index (χ3n) is 6.53. The van der Waals surface area contributed by atoms with Gasteiger partial charge in [-0.2, -0.15) is 10.6 Å². The Balaban J connectivity index is 1.77. The molecule has 11 heteroatoms. The first-order chi connectivity index (χ1) is 16.2. The maximum absolute atomic E-state index is 13.4. The summed E-state index contributed by atoms with van der Waals surface area (Å²) < 4.78 is 47.0. The van der Waals surface area contributed by atoms with Gasteiger partial charge in [0, 0.05) is 34.9 Å². The Hall–Kier alpha value is -2.60. The van der Waals surface area contributed by atoms with E-state index in [2.05, 4.69) is 5.32 Å². The number of amides is 1. The summed E-state index contributed by atoms with van der Waals surface area (Å²) in [6.45, 7) is 5.63. The number of imidazole rings is 1. The van der Waals surface area contributed by atoms with Gasteiger partial charge in [0.2, 0.25) is 0 Å². The molecule has 1 aliphatic rings. The van der Waals surface area contributed by atoms with E-state index >= 15 is 0 Å². The van der Waals surface area contributed by atoms with Gasteiger partial charge in [-0.3, -0.25) is 23.0 Å². The van der Waals surface area contributed by atoms with E-state index in [0.717, 1.165) is 6.26 Å². The van der Waals surface area contributed by atoms with Crippen molar-refractivity contribution in [2.75, 3.05) is 17.8 Å². The van der Waals surface area contributed by atoms with E-state index < -0.39 is 26.0 Å². The summed E-state index contributed by atoms with van der Waals surface area (Å²) in [4.78, 5) is 26.7. The Kier molecular flexibility index (Phi) is 6.41. The van der Waals surface area contributed by atoms with E-state index in [-0.39, 0.29) is 34.0 Å². The van der Waals surface area contributed by atoms with Crippen LogP contribution in [0.2, 0.25) is 0 Å². The van der Waals surface area contributed by atoms with Crippen molar-refractivity contribution in [3.05, 3.63) is 58.5 Å². The van der Waals surface area contributed by atoms with Gasteiger partial charge in [-0.15, -0.1) is 0 Å². The van der Waals surface area contributed by atoms with Crippen LogP contribution >= 0.6 is 10.6 Å². The molecule has 0 saturated carbocycles. The van der Waals surface area contributed by atoms with Crippen molar-refractivity contribution in [2.45, 2.75) is 50.1 Å². The van der Waals surface area contributed by atoms with Crippen molar-refractivity contribution >= 4 is 37.4 Å². The normalized spacial score (nSPS) is 18.5. The summed E-state index contributed by atoms with van der Waals surface area (Å²) >= 11 is 0. The van der Waals surface area contributed by atoms with Crippen LogP contribution < -0.4 is 11.0 Å². The Morgan fingerprint density at radius 2 is 1.74 bits per heavy atom. The fourth-order valence-corrected chi connectivity index (χ4v) is 6.86. The van der Waals surface area contributed by atoms with Crippen LogP contribution in [-0.2, 0) is 9.84 Å². The number of nitrogens with one attached hydrogen (secondary N) is 1. The average Bonchev–Trinajstić information content (AvgIpc) is 3.06. The largest absolute Gasteiger partial charge is 0.347 e. The maximum atomic E-state index is 13.4. The highest BCUT2D eigenvalue weighted by Gasteiger charge is 2.35. The fraction of sp³-hybridized carbons (Fsp3) is 0.417. The summed E-state index contributed by atoms with van der Waals surface area (Å²) in [5.41, 5.74) is 1.04. The van der Waals surface area contributed by atoms with Crippen molar-refractivity contribution < 1.29 is 22.3 Å². The first-order valence-electron chi connectivity index (χ1n) is 11.3. The summed E-state index contributed by atoms with van der Waals surface area (Å²) in [6, 6.07) is 11.0. The van der Waals surface area contributed by atoms with Gasteiger partial charge in [-0.25, -0.2) is 13.2 Å². The lowest BCUT2D eigenvalue weighted by Crippen LogP contribution is -2.50. The second kappa shape index (κ2) is 8.81. The molecule has 1 aliphatic heterocycles. The Morgan fingerprint density at radius 3 is 2.34 bits per heavy atom. The zero-order valence-corrected chi connectivity index (χ0v) is 21.8. The number of nitrogens with zero attached hydrogens (tertiary/aromatic N) is 2. The summed E-state index contributed by atoms with van der Waals surface area (Å²) in [5, 5.41) is 3.03. The third kappa shape index (κ3) is 5.04. The molecular weight excluding hydrogens is 490 g/mol.